The third-order valence-corrected chi connectivity index (χ3v) is 2.47. The first-order valence-electron chi connectivity index (χ1n) is 4.50. The molecule has 0 aliphatic heterocycles. The van der Waals surface area contributed by atoms with Crippen LogP contribution in [0.4, 0.5) is 4.39 Å². The van der Waals surface area contributed by atoms with Crippen molar-refractivity contribution in [2.75, 3.05) is 0 Å². The topological polar surface area (TPSA) is 26.0 Å². The van der Waals surface area contributed by atoms with Gasteiger partial charge < -0.3 is 5.73 Å². The maximum Gasteiger partial charge on any atom is 0.113 e. The zero-order chi connectivity index (χ0) is 9.03. The van der Waals surface area contributed by atoms with Crippen molar-refractivity contribution in [3.05, 3.63) is 0 Å². The van der Waals surface area contributed by atoms with Crippen LogP contribution in [0.5, 0.6) is 0 Å². The van der Waals surface area contributed by atoms with Crippen molar-refractivity contribution >= 4 is 0 Å². The van der Waals surface area contributed by atoms with Crippen LogP contribution in [0, 0.1) is 11.8 Å². The predicted molar refractivity (Wildman–Crippen MR) is 48.3 cm³/mol. The normalized spacial score (nSPS) is 34.4. The molecule has 0 spiro atoms. The van der Waals surface area contributed by atoms with Crippen LogP contribution in [0.3, 0.4) is 0 Å². The monoisotopic (exact) mass is 169 g/mol. The van der Waals surface area contributed by atoms with Gasteiger partial charge in [0.1, 0.15) is 5.67 Å². The van der Waals surface area contributed by atoms with Crippen LogP contribution < -0.4 is 5.73 Å². The minimum atomic E-state index is -1.01. The number of hydrogen-bond acceptors (Lipinski definition) is 1. The van der Waals surface area contributed by atoms with Crippen LogP contribution in [0.2, 0.25) is 0 Å². The Morgan fingerprint density at radius 3 is 2.92 bits per heavy atom. The van der Waals surface area contributed by atoms with E-state index in [0.29, 0.717) is 25.7 Å². The van der Waals surface area contributed by atoms with E-state index in [0.717, 1.165) is 6.42 Å². The average Bonchev–Trinajstić information content (AvgIpc) is 2.32. The van der Waals surface area contributed by atoms with E-state index >= 15 is 0 Å². The Morgan fingerprint density at radius 1 is 1.67 bits per heavy atom. The summed E-state index contributed by atoms with van der Waals surface area (Å²) in [5.74, 6) is 5.66. The molecule has 0 bridgehead atoms. The fraction of sp³-hybridized carbons (Fsp3) is 0.800. The molecule has 2 unspecified atom stereocenters. The molecule has 0 heterocycles. The Hall–Kier alpha value is -0.550. The highest BCUT2D eigenvalue weighted by Crippen LogP contribution is 2.36. The molecule has 0 aromatic carbocycles. The average molecular weight is 169 g/mol. The Bertz CT molecular complexity index is 204. The van der Waals surface area contributed by atoms with Gasteiger partial charge in [-0.1, -0.05) is 0 Å². The fourth-order valence-electron chi connectivity index (χ4n) is 1.76. The molecule has 12 heavy (non-hydrogen) atoms. The van der Waals surface area contributed by atoms with Gasteiger partial charge in [0.15, 0.2) is 0 Å². The van der Waals surface area contributed by atoms with Gasteiger partial charge in [-0.05, 0) is 32.6 Å². The van der Waals surface area contributed by atoms with E-state index in [-0.39, 0.29) is 6.04 Å². The zero-order valence-electron chi connectivity index (χ0n) is 7.57. The highest BCUT2D eigenvalue weighted by atomic mass is 19.1. The third kappa shape index (κ3) is 2.49. The highest BCUT2D eigenvalue weighted by Gasteiger charge is 2.36. The quantitative estimate of drug-likeness (QED) is 0.629. The van der Waals surface area contributed by atoms with Crippen LogP contribution >= 0.6 is 0 Å². The fourth-order valence-corrected chi connectivity index (χ4v) is 1.76. The van der Waals surface area contributed by atoms with Crippen LogP contribution in [-0.4, -0.2) is 11.7 Å². The smallest absolute Gasteiger partial charge is 0.113 e. The van der Waals surface area contributed by atoms with E-state index in [1.54, 1.807) is 6.92 Å². The minimum absolute atomic E-state index is 0.0737. The lowest BCUT2D eigenvalue weighted by Crippen LogP contribution is -2.22. The summed E-state index contributed by atoms with van der Waals surface area (Å²) < 4.78 is 13.7. The van der Waals surface area contributed by atoms with Gasteiger partial charge in [-0.3, -0.25) is 0 Å². The molecule has 1 fully saturated rings. The molecule has 1 aliphatic carbocycles. The summed E-state index contributed by atoms with van der Waals surface area (Å²) >= 11 is 0. The molecule has 0 aromatic heterocycles. The summed E-state index contributed by atoms with van der Waals surface area (Å²) in [5, 5.41) is 0. The molecule has 0 aromatic rings. The van der Waals surface area contributed by atoms with Gasteiger partial charge in [0.05, 0.1) is 0 Å². The van der Waals surface area contributed by atoms with E-state index in [2.05, 4.69) is 11.8 Å². The SMILES string of the molecule is CC#CCCC1(F)CCC(N)C1. The van der Waals surface area contributed by atoms with Crippen molar-refractivity contribution in [1.29, 1.82) is 0 Å². The summed E-state index contributed by atoms with van der Waals surface area (Å²) in [6.45, 7) is 1.78. The molecule has 0 amide bonds. The first-order valence-corrected chi connectivity index (χ1v) is 4.50. The number of halogens is 1. The van der Waals surface area contributed by atoms with E-state index in [1.807, 2.05) is 0 Å². The van der Waals surface area contributed by atoms with Crippen LogP contribution in [-0.2, 0) is 0 Å². The highest BCUT2D eigenvalue weighted by molar-refractivity contribution is 4.99. The number of alkyl halides is 1. The Morgan fingerprint density at radius 2 is 2.42 bits per heavy atom. The first-order chi connectivity index (χ1) is 5.66. The molecule has 1 rings (SSSR count). The summed E-state index contributed by atoms with van der Waals surface area (Å²) in [5.41, 5.74) is 4.63. The second kappa shape index (κ2) is 3.91. The van der Waals surface area contributed by atoms with Crippen molar-refractivity contribution in [1.82, 2.24) is 0 Å². The summed E-state index contributed by atoms with van der Waals surface area (Å²) in [4.78, 5) is 0. The van der Waals surface area contributed by atoms with Gasteiger partial charge in [0.25, 0.3) is 0 Å². The van der Waals surface area contributed by atoms with Gasteiger partial charge in [-0.25, -0.2) is 4.39 Å². The van der Waals surface area contributed by atoms with E-state index < -0.39 is 5.67 Å². The predicted octanol–water partition coefficient (Wildman–Crippen LogP) is 2.01. The largest absolute Gasteiger partial charge is 0.328 e. The molecule has 2 heteroatoms. The first kappa shape index (κ1) is 9.54. The summed E-state index contributed by atoms with van der Waals surface area (Å²) in [6, 6.07) is 0.0737. The zero-order valence-corrected chi connectivity index (χ0v) is 7.57. The van der Waals surface area contributed by atoms with Crippen LogP contribution in [0.1, 0.15) is 39.0 Å². The molecular weight excluding hydrogens is 153 g/mol. The van der Waals surface area contributed by atoms with Crippen molar-refractivity contribution in [2.45, 2.75) is 50.7 Å². The Labute approximate surface area is 73.5 Å². The van der Waals surface area contributed by atoms with Gasteiger partial charge in [-0.15, -0.1) is 11.8 Å². The van der Waals surface area contributed by atoms with Gasteiger partial charge in [0, 0.05) is 12.5 Å². The number of hydrogen-bond donors (Lipinski definition) is 1. The Balaban J connectivity index is 2.33. The van der Waals surface area contributed by atoms with E-state index in [9.17, 15) is 4.39 Å². The number of rotatable bonds is 2. The lowest BCUT2D eigenvalue weighted by Gasteiger charge is -2.17. The van der Waals surface area contributed by atoms with Crippen molar-refractivity contribution in [3.63, 3.8) is 0 Å². The molecule has 0 radical (unpaired) electrons. The standard InChI is InChI=1S/C10H16FN/c1-2-3-4-6-10(11)7-5-9(12)8-10/h9H,4-8,12H2,1H3. The lowest BCUT2D eigenvalue weighted by molar-refractivity contribution is 0.159. The molecular formula is C10H16FN. The van der Waals surface area contributed by atoms with Gasteiger partial charge in [0.2, 0.25) is 0 Å². The van der Waals surface area contributed by atoms with Crippen LogP contribution in [0.15, 0.2) is 0 Å². The van der Waals surface area contributed by atoms with Crippen molar-refractivity contribution in [2.24, 2.45) is 5.73 Å². The van der Waals surface area contributed by atoms with Crippen molar-refractivity contribution in [3.8, 4) is 11.8 Å². The molecule has 1 saturated carbocycles. The lowest BCUT2D eigenvalue weighted by atomic mass is 9.98. The second-order valence-electron chi connectivity index (χ2n) is 3.58. The molecule has 0 saturated heterocycles. The van der Waals surface area contributed by atoms with Crippen molar-refractivity contribution < 1.29 is 4.39 Å². The summed E-state index contributed by atoms with van der Waals surface area (Å²) in [7, 11) is 0. The summed E-state index contributed by atoms with van der Waals surface area (Å²) in [6.07, 6.45) is 3.20. The molecule has 2 atom stereocenters. The molecule has 2 N–H and O–H groups in total. The minimum Gasteiger partial charge on any atom is -0.328 e. The van der Waals surface area contributed by atoms with Gasteiger partial charge in [-0.2, -0.15) is 0 Å². The Kier molecular flexibility index (Phi) is 3.11. The van der Waals surface area contributed by atoms with E-state index in [4.69, 9.17) is 5.73 Å². The van der Waals surface area contributed by atoms with Gasteiger partial charge >= 0.3 is 0 Å². The van der Waals surface area contributed by atoms with Crippen LogP contribution in [0.25, 0.3) is 0 Å². The molecule has 68 valence electrons. The third-order valence-electron chi connectivity index (χ3n) is 2.47. The number of nitrogens with two attached hydrogens (primary N) is 1. The van der Waals surface area contributed by atoms with E-state index in [1.165, 1.54) is 0 Å². The molecule has 1 aliphatic rings. The maximum absolute atomic E-state index is 13.7. The second-order valence-corrected chi connectivity index (χ2v) is 3.58. The molecule has 1 nitrogen and oxygen atoms in total. The maximum atomic E-state index is 13.7.